The van der Waals surface area contributed by atoms with Gasteiger partial charge in [-0.05, 0) is 49.4 Å². The maximum Gasteiger partial charge on any atom is 0.325 e. The second kappa shape index (κ2) is 7.48. The number of aromatic nitrogens is 2. The number of urea groups is 1. The summed E-state index contributed by atoms with van der Waals surface area (Å²) >= 11 is 4.85. The van der Waals surface area contributed by atoms with E-state index in [9.17, 15) is 4.79 Å². The summed E-state index contributed by atoms with van der Waals surface area (Å²) in [7, 11) is 0. The number of piperidine rings is 1. The quantitative estimate of drug-likeness (QED) is 0.782. The van der Waals surface area contributed by atoms with E-state index in [0.717, 1.165) is 33.9 Å². The van der Waals surface area contributed by atoms with Crippen LogP contribution in [0.2, 0.25) is 0 Å². The van der Waals surface area contributed by atoms with Crippen LogP contribution < -0.4 is 15.5 Å². The van der Waals surface area contributed by atoms with E-state index in [-0.39, 0.29) is 6.03 Å². The first-order chi connectivity index (χ1) is 11.5. The summed E-state index contributed by atoms with van der Waals surface area (Å²) in [5, 5.41) is 15.2. The van der Waals surface area contributed by atoms with Gasteiger partial charge in [0.05, 0.1) is 0 Å². The number of carbonyl (C=O) groups is 1. The summed E-state index contributed by atoms with van der Waals surface area (Å²) in [6, 6.07) is 5.35. The van der Waals surface area contributed by atoms with Crippen molar-refractivity contribution in [3.63, 3.8) is 0 Å². The lowest BCUT2D eigenvalue weighted by atomic mass is 10.0. The third kappa shape index (κ3) is 4.24. The molecular weight excluding hydrogens is 390 g/mol. The SMILES string of the molecule is Cc1cc(NC(=O)Nc2nnc(N3CCC[C@@H](C)C3)s2)ccc1Br. The molecule has 0 bridgehead atoms. The Morgan fingerprint density at radius 3 is 2.96 bits per heavy atom. The maximum atomic E-state index is 12.1. The lowest BCUT2D eigenvalue weighted by molar-refractivity contribution is 0.262. The minimum Gasteiger partial charge on any atom is -0.346 e. The minimum atomic E-state index is -0.313. The molecule has 128 valence electrons. The number of halogens is 1. The van der Waals surface area contributed by atoms with Crippen molar-refractivity contribution < 1.29 is 4.79 Å². The first-order valence-corrected chi connectivity index (χ1v) is 9.55. The predicted octanol–water partition coefficient (Wildman–Crippen LogP) is 4.49. The molecule has 1 aromatic carbocycles. The predicted molar refractivity (Wildman–Crippen MR) is 102 cm³/mol. The van der Waals surface area contributed by atoms with Gasteiger partial charge in [0.1, 0.15) is 0 Å². The Morgan fingerprint density at radius 2 is 2.21 bits per heavy atom. The molecule has 1 aliphatic rings. The van der Waals surface area contributed by atoms with Gasteiger partial charge >= 0.3 is 6.03 Å². The molecule has 1 aromatic heterocycles. The Labute approximate surface area is 153 Å². The summed E-state index contributed by atoms with van der Waals surface area (Å²) in [5.74, 6) is 0.669. The third-order valence-corrected chi connectivity index (χ3v) is 5.77. The van der Waals surface area contributed by atoms with Crippen molar-refractivity contribution in [2.75, 3.05) is 28.6 Å². The van der Waals surface area contributed by atoms with Crippen molar-refractivity contribution in [3.8, 4) is 0 Å². The van der Waals surface area contributed by atoms with E-state index in [1.54, 1.807) is 0 Å². The molecule has 24 heavy (non-hydrogen) atoms. The van der Waals surface area contributed by atoms with Gasteiger partial charge in [-0.25, -0.2) is 4.79 Å². The van der Waals surface area contributed by atoms with Crippen molar-refractivity contribution in [2.45, 2.75) is 26.7 Å². The highest BCUT2D eigenvalue weighted by Gasteiger charge is 2.20. The number of nitrogens with zero attached hydrogens (tertiary/aromatic N) is 3. The van der Waals surface area contributed by atoms with Crippen molar-refractivity contribution in [1.29, 1.82) is 0 Å². The Hall–Kier alpha value is -1.67. The number of benzene rings is 1. The van der Waals surface area contributed by atoms with Crippen molar-refractivity contribution in [1.82, 2.24) is 10.2 Å². The summed E-state index contributed by atoms with van der Waals surface area (Å²) in [6.07, 6.45) is 2.43. The summed E-state index contributed by atoms with van der Waals surface area (Å²) in [6.45, 7) is 6.23. The van der Waals surface area contributed by atoms with Crippen LogP contribution in [0.25, 0.3) is 0 Å². The molecule has 2 aromatic rings. The molecular formula is C16H20BrN5OS. The average molecular weight is 410 g/mol. The fraction of sp³-hybridized carbons (Fsp3) is 0.438. The van der Waals surface area contributed by atoms with Gasteiger partial charge in [-0.3, -0.25) is 5.32 Å². The van der Waals surface area contributed by atoms with Gasteiger partial charge in [-0.1, -0.05) is 34.2 Å². The molecule has 2 N–H and O–H groups in total. The highest BCUT2D eigenvalue weighted by Crippen LogP contribution is 2.28. The molecule has 0 unspecified atom stereocenters. The number of amides is 2. The summed E-state index contributed by atoms with van der Waals surface area (Å²) in [5.41, 5.74) is 1.80. The van der Waals surface area contributed by atoms with Gasteiger partial charge in [0.15, 0.2) is 0 Å². The third-order valence-electron chi connectivity index (χ3n) is 3.98. The Morgan fingerprint density at radius 1 is 1.38 bits per heavy atom. The first kappa shape index (κ1) is 17.2. The zero-order valence-electron chi connectivity index (χ0n) is 13.7. The lowest BCUT2D eigenvalue weighted by Crippen LogP contribution is -2.34. The van der Waals surface area contributed by atoms with Crippen LogP contribution >= 0.6 is 27.3 Å². The van der Waals surface area contributed by atoms with Gasteiger partial charge < -0.3 is 10.2 Å². The summed E-state index contributed by atoms with van der Waals surface area (Å²) in [4.78, 5) is 14.4. The number of hydrogen-bond donors (Lipinski definition) is 2. The number of aryl methyl sites for hydroxylation is 1. The van der Waals surface area contributed by atoms with Crippen molar-refractivity contribution in [3.05, 3.63) is 28.2 Å². The lowest BCUT2D eigenvalue weighted by Gasteiger charge is -2.29. The first-order valence-electron chi connectivity index (χ1n) is 7.94. The molecule has 0 radical (unpaired) electrons. The number of rotatable bonds is 3. The van der Waals surface area contributed by atoms with Crippen LogP contribution in [0.15, 0.2) is 22.7 Å². The van der Waals surface area contributed by atoms with Crippen LogP contribution in [0.1, 0.15) is 25.3 Å². The van der Waals surface area contributed by atoms with Crippen LogP contribution in [0.3, 0.4) is 0 Å². The molecule has 1 saturated heterocycles. The molecule has 3 rings (SSSR count). The molecule has 8 heteroatoms. The number of nitrogens with one attached hydrogen (secondary N) is 2. The molecule has 1 atom stereocenters. The Kier molecular flexibility index (Phi) is 5.35. The van der Waals surface area contributed by atoms with Crippen LogP contribution in [-0.4, -0.2) is 29.3 Å². The molecule has 0 aliphatic carbocycles. The normalized spacial score (nSPS) is 17.6. The van der Waals surface area contributed by atoms with E-state index >= 15 is 0 Å². The number of anilines is 3. The van der Waals surface area contributed by atoms with E-state index < -0.39 is 0 Å². The van der Waals surface area contributed by atoms with E-state index in [2.05, 4.69) is 48.6 Å². The highest BCUT2D eigenvalue weighted by molar-refractivity contribution is 9.10. The molecule has 2 amide bonds. The zero-order chi connectivity index (χ0) is 17.1. The summed E-state index contributed by atoms with van der Waals surface area (Å²) < 4.78 is 1.01. The van der Waals surface area contributed by atoms with Crippen LogP contribution in [0.5, 0.6) is 0 Å². The van der Waals surface area contributed by atoms with Gasteiger partial charge in [0, 0.05) is 23.2 Å². The van der Waals surface area contributed by atoms with E-state index in [1.165, 1.54) is 24.2 Å². The second-order valence-corrected chi connectivity index (χ2v) is 7.94. The molecule has 0 saturated carbocycles. The van der Waals surface area contributed by atoms with Crippen LogP contribution in [0, 0.1) is 12.8 Å². The molecule has 1 fully saturated rings. The van der Waals surface area contributed by atoms with E-state index in [4.69, 9.17) is 0 Å². The van der Waals surface area contributed by atoms with Crippen LogP contribution in [-0.2, 0) is 0 Å². The zero-order valence-corrected chi connectivity index (χ0v) is 16.1. The van der Waals surface area contributed by atoms with Gasteiger partial charge in [0.25, 0.3) is 0 Å². The second-order valence-electron chi connectivity index (χ2n) is 6.13. The molecule has 2 heterocycles. The average Bonchev–Trinajstić information content (AvgIpc) is 2.99. The standard InChI is InChI=1S/C16H20BrN5OS/c1-10-4-3-7-22(9-10)16-21-20-15(24-16)19-14(23)18-12-5-6-13(17)11(2)8-12/h5-6,8,10H,3-4,7,9H2,1-2H3,(H2,18,19,20,23)/t10-/m1/s1. The topological polar surface area (TPSA) is 70.1 Å². The van der Waals surface area contributed by atoms with Gasteiger partial charge in [0.2, 0.25) is 10.3 Å². The highest BCUT2D eigenvalue weighted by atomic mass is 79.9. The molecule has 1 aliphatic heterocycles. The maximum absolute atomic E-state index is 12.1. The fourth-order valence-electron chi connectivity index (χ4n) is 2.74. The van der Waals surface area contributed by atoms with Crippen molar-refractivity contribution >= 4 is 49.2 Å². The van der Waals surface area contributed by atoms with Crippen LogP contribution in [0.4, 0.5) is 20.7 Å². The monoisotopic (exact) mass is 409 g/mol. The largest absolute Gasteiger partial charge is 0.346 e. The Balaban J connectivity index is 1.59. The Bertz CT molecular complexity index is 735. The fourth-order valence-corrected chi connectivity index (χ4v) is 3.76. The van der Waals surface area contributed by atoms with Crippen molar-refractivity contribution in [2.24, 2.45) is 5.92 Å². The van der Waals surface area contributed by atoms with Gasteiger partial charge in [-0.15, -0.1) is 10.2 Å². The molecule has 6 nitrogen and oxygen atoms in total. The van der Waals surface area contributed by atoms with Gasteiger partial charge in [-0.2, -0.15) is 0 Å². The minimum absolute atomic E-state index is 0.313. The molecule has 0 spiro atoms. The smallest absolute Gasteiger partial charge is 0.325 e. The van der Waals surface area contributed by atoms with E-state index in [0.29, 0.717) is 11.0 Å². The number of hydrogen-bond acceptors (Lipinski definition) is 5. The number of carbonyl (C=O) groups excluding carboxylic acids is 1. The van der Waals surface area contributed by atoms with E-state index in [1.807, 2.05) is 25.1 Å².